The van der Waals surface area contributed by atoms with Crippen molar-refractivity contribution < 1.29 is 0 Å². The van der Waals surface area contributed by atoms with Gasteiger partial charge in [0, 0.05) is 4.88 Å². The Bertz CT molecular complexity index is 242. The number of rotatable bonds is 2. The molecule has 0 spiro atoms. The highest BCUT2D eigenvalue weighted by atomic mass is 79.9. The van der Waals surface area contributed by atoms with Crippen LogP contribution in [0.2, 0.25) is 0 Å². The molecule has 1 rings (SSSR count). The second-order valence-electron chi connectivity index (χ2n) is 2.78. The third-order valence-corrected chi connectivity index (χ3v) is 3.24. The minimum Gasteiger partial charge on any atom is -0.234 e. The molecule has 1 aromatic rings. The van der Waals surface area contributed by atoms with E-state index in [-0.39, 0.29) is 0 Å². The second-order valence-corrected chi connectivity index (χ2v) is 5.14. The van der Waals surface area contributed by atoms with Gasteiger partial charge in [-0.25, -0.2) is 4.98 Å². The fourth-order valence-corrected chi connectivity index (χ4v) is 2.69. The van der Waals surface area contributed by atoms with Crippen molar-refractivity contribution in [3.05, 3.63) is 14.5 Å². The summed E-state index contributed by atoms with van der Waals surface area (Å²) in [6.07, 6.45) is 1.09. The van der Waals surface area contributed by atoms with Gasteiger partial charge in [0.1, 0.15) is 0 Å². The molecule has 0 aliphatic heterocycles. The first-order chi connectivity index (χ1) is 5.15. The SMILES string of the molecule is CCc1sc(Br)nc1C(C)C. The summed E-state index contributed by atoms with van der Waals surface area (Å²) in [5.74, 6) is 0.549. The lowest BCUT2D eigenvalue weighted by Crippen LogP contribution is -1.91. The zero-order chi connectivity index (χ0) is 8.43. The molecule has 3 heteroatoms. The first-order valence-electron chi connectivity index (χ1n) is 3.80. The summed E-state index contributed by atoms with van der Waals surface area (Å²) in [5.41, 5.74) is 1.25. The number of aryl methyl sites for hydroxylation is 1. The molecule has 1 heterocycles. The first-order valence-corrected chi connectivity index (χ1v) is 5.41. The van der Waals surface area contributed by atoms with Crippen LogP contribution in [0.25, 0.3) is 0 Å². The quantitative estimate of drug-likeness (QED) is 0.761. The molecule has 0 aromatic carbocycles. The highest BCUT2D eigenvalue weighted by molar-refractivity contribution is 9.11. The average molecular weight is 234 g/mol. The normalized spacial score (nSPS) is 11.0. The lowest BCUT2D eigenvalue weighted by molar-refractivity contribution is 0.814. The summed E-state index contributed by atoms with van der Waals surface area (Å²) in [5, 5.41) is 0. The van der Waals surface area contributed by atoms with Gasteiger partial charge in [-0.15, -0.1) is 11.3 Å². The van der Waals surface area contributed by atoms with Gasteiger partial charge in [-0.3, -0.25) is 0 Å². The molecular formula is C8H12BrNS. The van der Waals surface area contributed by atoms with E-state index in [0.717, 1.165) is 10.3 Å². The van der Waals surface area contributed by atoms with E-state index in [9.17, 15) is 0 Å². The van der Waals surface area contributed by atoms with Gasteiger partial charge in [-0.1, -0.05) is 20.8 Å². The summed E-state index contributed by atoms with van der Waals surface area (Å²) in [6, 6.07) is 0. The standard InChI is InChI=1S/C8H12BrNS/c1-4-6-7(5(2)3)10-8(9)11-6/h5H,4H2,1-3H3. The molecule has 0 saturated heterocycles. The smallest absolute Gasteiger partial charge is 0.159 e. The van der Waals surface area contributed by atoms with Gasteiger partial charge in [0.05, 0.1) is 5.69 Å². The number of thiazole rings is 1. The summed E-state index contributed by atoms with van der Waals surface area (Å²) in [7, 11) is 0. The van der Waals surface area contributed by atoms with E-state index in [4.69, 9.17) is 0 Å². The van der Waals surface area contributed by atoms with Gasteiger partial charge < -0.3 is 0 Å². The molecule has 0 aliphatic rings. The summed E-state index contributed by atoms with van der Waals surface area (Å²) < 4.78 is 1.01. The van der Waals surface area contributed by atoms with E-state index in [2.05, 4.69) is 41.7 Å². The van der Waals surface area contributed by atoms with Crippen LogP contribution in [0.3, 0.4) is 0 Å². The van der Waals surface area contributed by atoms with Gasteiger partial charge in [-0.05, 0) is 28.3 Å². The Hall–Kier alpha value is 0.110. The molecule has 62 valence electrons. The molecule has 0 unspecified atom stereocenters. The Morgan fingerprint density at radius 3 is 2.55 bits per heavy atom. The third kappa shape index (κ3) is 2.03. The van der Waals surface area contributed by atoms with Crippen molar-refractivity contribution in [2.45, 2.75) is 33.1 Å². The molecule has 0 radical (unpaired) electrons. The van der Waals surface area contributed by atoms with Crippen molar-refractivity contribution in [1.29, 1.82) is 0 Å². The van der Waals surface area contributed by atoms with E-state index in [1.807, 2.05) is 0 Å². The van der Waals surface area contributed by atoms with Crippen molar-refractivity contribution >= 4 is 27.3 Å². The maximum atomic E-state index is 4.42. The summed E-state index contributed by atoms with van der Waals surface area (Å²) in [4.78, 5) is 5.83. The number of aromatic nitrogens is 1. The zero-order valence-electron chi connectivity index (χ0n) is 7.02. The van der Waals surface area contributed by atoms with Crippen molar-refractivity contribution in [3.8, 4) is 0 Å². The molecule has 0 N–H and O–H groups in total. The van der Waals surface area contributed by atoms with Crippen LogP contribution in [0.4, 0.5) is 0 Å². The lowest BCUT2D eigenvalue weighted by atomic mass is 10.1. The predicted octanol–water partition coefficient (Wildman–Crippen LogP) is 3.59. The van der Waals surface area contributed by atoms with E-state index >= 15 is 0 Å². The van der Waals surface area contributed by atoms with Gasteiger partial charge in [-0.2, -0.15) is 0 Å². The highest BCUT2D eigenvalue weighted by Gasteiger charge is 2.10. The Balaban J connectivity index is 3.02. The average Bonchev–Trinajstić information content (AvgIpc) is 2.30. The fourth-order valence-electron chi connectivity index (χ4n) is 1.04. The second kappa shape index (κ2) is 3.68. The predicted molar refractivity (Wildman–Crippen MR) is 53.3 cm³/mol. The van der Waals surface area contributed by atoms with Gasteiger partial charge in [0.15, 0.2) is 3.92 Å². The monoisotopic (exact) mass is 233 g/mol. The highest BCUT2D eigenvalue weighted by Crippen LogP contribution is 2.28. The number of hydrogen-bond donors (Lipinski definition) is 0. The topological polar surface area (TPSA) is 12.9 Å². The van der Waals surface area contributed by atoms with E-state index in [1.54, 1.807) is 11.3 Å². The maximum Gasteiger partial charge on any atom is 0.159 e. The Morgan fingerprint density at radius 2 is 2.18 bits per heavy atom. The maximum absolute atomic E-state index is 4.42. The summed E-state index contributed by atoms with van der Waals surface area (Å²) >= 11 is 5.15. The van der Waals surface area contributed by atoms with Crippen LogP contribution in [-0.4, -0.2) is 4.98 Å². The van der Waals surface area contributed by atoms with Gasteiger partial charge in [0.25, 0.3) is 0 Å². The zero-order valence-corrected chi connectivity index (χ0v) is 9.42. The molecule has 0 fully saturated rings. The van der Waals surface area contributed by atoms with Crippen LogP contribution in [-0.2, 0) is 6.42 Å². The Labute approximate surface area is 80.0 Å². The van der Waals surface area contributed by atoms with Crippen LogP contribution in [0.15, 0.2) is 3.92 Å². The van der Waals surface area contributed by atoms with Crippen molar-refractivity contribution in [3.63, 3.8) is 0 Å². The van der Waals surface area contributed by atoms with Gasteiger partial charge >= 0.3 is 0 Å². The summed E-state index contributed by atoms with van der Waals surface area (Å²) in [6.45, 7) is 6.53. The molecule has 1 aromatic heterocycles. The fraction of sp³-hybridized carbons (Fsp3) is 0.625. The van der Waals surface area contributed by atoms with Crippen LogP contribution >= 0.6 is 27.3 Å². The minimum atomic E-state index is 0.549. The van der Waals surface area contributed by atoms with Crippen LogP contribution in [0.1, 0.15) is 37.3 Å². The molecule has 0 atom stereocenters. The van der Waals surface area contributed by atoms with E-state index in [1.165, 1.54) is 10.6 Å². The van der Waals surface area contributed by atoms with Crippen LogP contribution < -0.4 is 0 Å². The van der Waals surface area contributed by atoms with Crippen LogP contribution in [0.5, 0.6) is 0 Å². The Kier molecular flexibility index (Phi) is 3.07. The largest absolute Gasteiger partial charge is 0.234 e. The molecule has 1 nitrogen and oxygen atoms in total. The molecule has 0 bridgehead atoms. The first kappa shape index (κ1) is 9.20. The Morgan fingerprint density at radius 1 is 1.55 bits per heavy atom. The van der Waals surface area contributed by atoms with Crippen molar-refractivity contribution in [2.75, 3.05) is 0 Å². The molecule has 0 saturated carbocycles. The van der Waals surface area contributed by atoms with Gasteiger partial charge in [0.2, 0.25) is 0 Å². The van der Waals surface area contributed by atoms with Crippen molar-refractivity contribution in [2.24, 2.45) is 0 Å². The number of hydrogen-bond acceptors (Lipinski definition) is 2. The third-order valence-electron chi connectivity index (χ3n) is 1.57. The molecular weight excluding hydrogens is 222 g/mol. The number of halogens is 1. The van der Waals surface area contributed by atoms with Crippen LogP contribution in [0, 0.1) is 0 Å². The molecule has 0 aliphatic carbocycles. The lowest BCUT2D eigenvalue weighted by Gasteiger charge is -2.01. The molecule has 0 amide bonds. The molecule has 11 heavy (non-hydrogen) atoms. The number of nitrogens with zero attached hydrogens (tertiary/aromatic N) is 1. The van der Waals surface area contributed by atoms with E-state index in [0.29, 0.717) is 5.92 Å². The van der Waals surface area contributed by atoms with Crippen molar-refractivity contribution in [1.82, 2.24) is 4.98 Å². The van der Waals surface area contributed by atoms with E-state index < -0.39 is 0 Å². The minimum absolute atomic E-state index is 0.549.